The Kier molecular flexibility index (Phi) is 4.32. The van der Waals surface area contributed by atoms with Crippen LogP contribution in [0.1, 0.15) is 26.5 Å². The van der Waals surface area contributed by atoms with Gasteiger partial charge < -0.3 is 10.3 Å². The molecule has 1 rings (SSSR count). The maximum absolute atomic E-state index is 11.9. The van der Waals surface area contributed by atoms with Crippen LogP contribution in [-0.4, -0.2) is 35.0 Å². The van der Waals surface area contributed by atoms with Crippen molar-refractivity contribution >= 4 is 9.84 Å². The summed E-state index contributed by atoms with van der Waals surface area (Å²) in [6.07, 6.45) is 4.23. The molecular formula is C11H21N3O2S. The molecule has 0 aliphatic heterocycles. The molecule has 1 aromatic heterocycles. The molecule has 0 atom stereocenters. The summed E-state index contributed by atoms with van der Waals surface area (Å²) in [5, 5.41) is 0. The molecule has 98 valence electrons. The topological polar surface area (TPSA) is 78.0 Å². The van der Waals surface area contributed by atoms with E-state index in [9.17, 15) is 8.42 Å². The highest BCUT2D eigenvalue weighted by atomic mass is 32.2. The van der Waals surface area contributed by atoms with E-state index in [0.29, 0.717) is 13.1 Å². The number of sulfone groups is 1. The third kappa shape index (κ3) is 3.81. The van der Waals surface area contributed by atoms with Gasteiger partial charge in [-0.25, -0.2) is 13.4 Å². The molecule has 0 fully saturated rings. The maximum Gasteiger partial charge on any atom is 0.156 e. The zero-order valence-corrected chi connectivity index (χ0v) is 11.5. The van der Waals surface area contributed by atoms with E-state index < -0.39 is 14.6 Å². The van der Waals surface area contributed by atoms with Crippen LogP contribution in [0.15, 0.2) is 12.5 Å². The van der Waals surface area contributed by atoms with Crippen LogP contribution in [0.2, 0.25) is 0 Å². The molecule has 0 aliphatic rings. The Balaban J connectivity index is 2.62. The van der Waals surface area contributed by atoms with Gasteiger partial charge in [-0.3, -0.25) is 0 Å². The Morgan fingerprint density at radius 1 is 1.41 bits per heavy atom. The van der Waals surface area contributed by atoms with E-state index in [0.717, 1.165) is 12.1 Å². The standard InChI is InChI=1S/C11H21N3O2S/c1-11(2,3)17(15,16)7-6-14-8-10(4-5-12)13-9-14/h8-9H,4-7,12H2,1-3H3. The zero-order chi connectivity index (χ0) is 13.1. The van der Waals surface area contributed by atoms with Crippen LogP contribution in [0, 0.1) is 0 Å². The van der Waals surface area contributed by atoms with Gasteiger partial charge in [0.2, 0.25) is 0 Å². The normalized spacial score (nSPS) is 12.9. The highest BCUT2D eigenvalue weighted by Crippen LogP contribution is 2.16. The van der Waals surface area contributed by atoms with Gasteiger partial charge in [0.15, 0.2) is 9.84 Å². The van der Waals surface area contributed by atoms with Crippen LogP contribution in [0.25, 0.3) is 0 Å². The third-order valence-corrected chi connectivity index (χ3v) is 5.22. The lowest BCUT2D eigenvalue weighted by Crippen LogP contribution is -2.31. The van der Waals surface area contributed by atoms with Crippen molar-refractivity contribution in [3.63, 3.8) is 0 Å². The largest absolute Gasteiger partial charge is 0.336 e. The number of hydrogen-bond acceptors (Lipinski definition) is 4. The SMILES string of the molecule is CC(C)(C)S(=O)(=O)CCn1cnc(CCN)c1. The summed E-state index contributed by atoms with van der Waals surface area (Å²) in [6, 6.07) is 0. The maximum atomic E-state index is 11.9. The van der Waals surface area contributed by atoms with E-state index in [1.807, 2.05) is 6.20 Å². The first-order valence-electron chi connectivity index (χ1n) is 5.69. The van der Waals surface area contributed by atoms with E-state index >= 15 is 0 Å². The molecule has 6 heteroatoms. The Hall–Kier alpha value is -0.880. The zero-order valence-electron chi connectivity index (χ0n) is 10.7. The lowest BCUT2D eigenvalue weighted by atomic mass is 10.3. The van der Waals surface area contributed by atoms with Crippen LogP contribution in [0.3, 0.4) is 0 Å². The van der Waals surface area contributed by atoms with Crippen molar-refractivity contribution in [2.75, 3.05) is 12.3 Å². The lowest BCUT2D eigenvalue weighted by molar-refractivity contribution is 0.553. The van der Waals surface area contributed by atoms with Crippen molar-refractivity contribution in [1.29, 1.82) is 0 Å². The lowest BCUT2D eigenvalue weighted by Gasteiger charge is -2.19. The van der Waals surface area contributed by atoms with E-state index in [4.69, 9.17) is 5.73 Å². The third-order valence-electron chi connectivity index (χ3n) is 2.64. The Bertz CT molecular complexity index is 457. The first-order chi connectivity index (χ1) is 7.76. The van der Waals surface area contributed by atoms with Crippen molar-refractivity contribution in [3.05, 3.63) is 18.2 Å². The predicted molar refractivity (Wildman–Crippen MR) is 68.5 cm³/mol. The Morgan fingerprint density at radius 3 is 2.59 bits per heavy atom. The molecule has 0 radical (unpaired) electrons. The molecule has 5 nitrogen and oxygen atoms in total. The predicted octanol–water partition coefficient (Wildman–Crippen LogP) is 0.598. The molecule has 2 N–H and O–H groups in total. The quantitative estimate of drug-likeness (QED) is 0.840. The van der Waals surface area contributed by atoms with Gasteiger partial charge in [0.05, 0.1) is 22.5 Å². The average molecular weight is 259 g/mol. The fourth-order valence-electron chi connectivity index (χ4n) is 1.34. The van der Waals surface area contributed by atoms with Gasteiger partial charge >= 0.3 is 0 Å². The first-order valence-corrected chi connectivity index (χ1v) is 7.34. The molecule has 0 bridgehead atoms. The number of hydrogen-bond donors (Lipinski definition) is 1. The van der Waals surface area contributed by atoms with Gasteiger partial charge in [0, 0.05) is 19.2 Å². The van der Waals surface area contributed by atoms with E-state index in [1.54, 1.807) is 31.7 Å². The number of aryl methyl sites for hydroxylation is 1. The minimum atomic E-state index is -3.07. The molecule has 0 aliphatic carbocycles. The fourth-order valence-corrected chi connectivity index (χ4v) is 2.40. The number of aromatic nitrogens is 2. The van der Waals surface area contributed by atoms with Crippen LogP contribution in [0.5, 0.6) is 0 Å². The van der Waals surface area contributed by atoms with Gasteiger partial charge in [-0.05, 0) is 27.3 Å². The molecule has 0 saturated carbocycles. The van der Waals surface area contributed by atoms with E-state index in [-0.39, 0.29) is 5.75 Å². The minimum Gasteiger partial charge on any atom is -0.336 e. The van der Waals surface area contributed by atoms with Gasteiger partial charge in [-0.15, -0.1) is 0 Å². The summed E-state index contributed by atoms with van der Waals surface area (Å²) in [6.45, 7) is 6.15. The summed E-state index contributed by atoms with van der Waals surface area (Å²) in [7, 11) is -3.07. The first kappa shape index (κ1) is 14.2. The monoisotopic (exact) mass is 259 g/mol. The van der Waals surface area contributed by atoms with Gasteiger partial charge in [0.25, 0.3) is 0 Å². The van der Waals surface area contributed by atoms with Crippen LogP contribution in [-0.2, 0) is 22.8 Å². The van der Waals surface area contributed by atoms with Crippen molar-refractivity contribution in [1.82, 2.24) is 9.55 Å². The summed E-state index contributed by atoms with van der Waals surface area (Å²) in [5.74, 6) is 0.134. The smallest absolute Gasteiger partial charge is 0.156 e. The fraction of sp³-hybridized carbons (Fsp3) is 0.727. The van der Waals surface area contributed by atoms with Crippen LogP contribution >= 0.6 is 0 Å². The van der Waals surface area contributed by atoms with Crippen molar-refractivity contribution in [2.24, 2.45) is 5.73 Å². The summed E-state index contributed by atoms with van der Waals surface area (Å²) >= 11 is 0. The Labute approximate surface area is 103 Å². The molecule has 0 saturated heterocycles. The minimum absolute atomic E-state index is 0.134. The van der Waals surface area contributed by atoms with Gasteiger partial charge in [-0.2, -0.15) is 0 Å². The molecule has 1 aromatic rings. The second kappa shape index (κ2) is 5.18. The number of nitrogens with zero attached hydrogens (tertiary/aromatic N) is 2. The molecule has 0 aromatic carbocycles. The van der Waals surface area contributed by atoms with Gasteiger partial charge in [-0.1, -0.05) is 0 Å². The molecule has 0 spiro atoms. The number of nitrogens with two attached hydrogens (primary N) is 1. The highest BCUT2D eigenvalue weighted by Gasteiger charge is 2.28. The second-order valence-corrected chi connectivity index (χ2v) is 7.94. The highest BCUT2D eigenvalue weighted by molar-refractivity contribution is 7.92. The van der Waals surface area contributed by atoms with E-state index in [2.05, 4.69) is 4.98 Å². The number of imidazole rings is 1. The number of rotatable bonds is 5. The molecule has 1 heterocycles. The summed E-state index contributed by atoms with van der Waals surface area (Å²) in [5.41, 5.74) is 6.33. The summed E-state index contributed by atoms with van der Waals surface area (Å²) < 4.78 is 24.9. The van der Waals surface area contributed by atoms with Crippen LogP contribution < -0.4 is 5.73 Å². The van der Waals surface area contributed by atoms with Crippen LogP contribution in [0.4, 0.5) is 0 Å². The van der Waals surface area contributed by atoms with Crippen molar-refractivity contribution in [3.8, 4) is 0 Å². The Morgan fingerprint density at radius 2 is 2.06 bits per heavy atom. The van der Waals surface area contributed by atoms with E-state index in [1.165, 1.54) is 0 Å². The van der Waals surface area contributed by atoms with Gasteiger partial charge in [0.1, 0.15) is 0 Å². The molecule has 0 unspecified atom stereocenters. The second-order valence-electron chi connectivity index (χ2n) is 5.07. The average Bonchev–Trinajstić information content (AvgIpc) is 2.62. The molecular weight excluding hydrogens is 238 g/mol. The van der Waals surface area contributed by atoms with Crippen molar-refractivity contribution < 1.29 is 8.42 Å². The molecule has 17 heavy (non-hydrogen) atoms. The van der Waals surface area contributed by atoms with Crippen molar-refractivity contribution in [2.45, 2.75) is 38.5 Å². The summed E-state index contributed by atoms with van der Waals surface area (Å²) in [4.78, 5) is 4.16. The molecule has 0 amide bonds.